The van der Waals surface area contributed by atoms with Crippen molar-refractivity contribution in [2.75, 3.05) is 0 Å². The average Bonchev–Trinajstić information content (AvgIpc) is 2.75. The van der Waals surface area contributed by atoms with Crippen LogP contribution in [-0.4, -0.2) is 21.3 Å². The number of halogens is 1. The molecule has 0 saturated heterocycles. The molecule has 1 aromatic carbocycles. The van der Waals surface area contributed by atoms with Crippen LogP contribution in [0.2, 0.25) is 0 Å². The molecule has 0 amide bonds. The molecule has 1 aromatic heterocycles. The molecule has 6 nitrogen and oxygen atoms in total. The zero-order valence-electron chi connectivity index (χ0n) is 9.17. The van der Waals surface area contributed by atoms with Gasteiger partial charge in [0.05, 0.1) is 0 Å². The molecular formula is C11H9BrN2O4. The quantitative estimate of drug-likeness (QED) is 0.909. The third kappa shape index (κ3) is 3.56. The van der Waals surface area contributed by atoms with E-state index < -0.39 is 5.97 Å². The van der Waals surface area contributed by atoms with Crippen molar-refractivity contribution in [1.29, 1.82) is 0 Å². The molecule has 94 valence electrons. The SMILES string of the molecule is O=C(O)Cc1nnc(COc2ccc(Br)cc2)o1. The number of nitrogens with zero attached hydrogens (tertiary/aromatic N) is 2. The number of rotatable bonds is 5. The molecule has 0 saturated carbocycles. The Morgan fingerprint density at radius 3 is 2.61 bits per heavy atom. The lowest BCUT2D eigenvalue weighted by Gasteiger charge is -2.02. The van der Waals surface area contributed by atoms with Crippen LogP contribution in [0.5, 0.6) is 5.75 Å². The molecule has 1 N–H and O–H groups in total. The summed E-state index contributed by atoms with van der Waals surface area (Å²) in [5, 5.41) is 15.8. The molecule has 1 heterocycles. The summed E-state index contributed by atoms with van der Waals surface area (Å²) in [5.41, 5.74) is 0. The Balaban J connectivity index is 1.92. The maximum atomic E-state index is 10.4. The number of ether oxygens (including phenoxy) is 1. The van der Waals surface area contributed by atoms with Crippen LogP contribution >= 0.6 is 15.9 Å². The lowest BCUT2D eigenvalue weighted by molar-refractivity contribution is -0.136. The van der Waals surface area contributed by atoms with E-state index >= 15 is 0 Å². The normalized spacial score (nSPS) is 10.3. The summed E-state index contributed by atoms with van der Waals surface area (Å²) >= 11 is 3.32. The minimum atomic E-state index is -1.01. The van der Waals surface area contributed by atoms with Crippen molar-refractivity contribution < 1.29 is 19.1 Å². The first kappa shape index (κ1) is 12.6. The van der Waals surface area contributed by atoms with Crippen molar-refractivity contribution in [3.63, 3.8) is 0 Å². The van der Waals surface area contributed by atoms with Gasteiger partial charge >= 0.3 is 5.97 Å². The van der Waals surface area contributed by atoms with Gasteiger partial charge in [0.25, 0.3) is 5.89 Å². The summed E-state index contributed by atoms with van der Waals surface area (Å²) in [6, 6.07) is 7.27. The van der Waals surface area contributed by atoms with Gasteiger partial charge in [-0.2, -0.15) is 0 Å². The first-order chi connectivity index (χ1) is 8.63. The Morgan fingerprint density at radius 2 is 1.94 bits per heavy atom. The first-order valence-corrected chi connectivity index (χ1v) is 5.84. The zero-order valence-corrected chi connectivity index (χ0v) is 10.8. The van der Waals surface area contributed by atoms with E-state index in [0.29, 0.717) is 5.75 Å². The zero-order chi connectivity index (χ0) is 13.0. The summed E-state index contributed by atoms with van der Waals surface area (Å²) in [4.78, 5) is 10.4. The van der Waals surface area contributed by atoms with Gasteiger partial charge in [-0.15, -0.1) is 10.2 Å². The maximum Gasteiger partial charge on any atom is 0.312 e. The highest BCUT2D eigenvalue weighted by Crippen LogP contribution is 2.17. The number of benzene rings is 1. The molecule has 2 aromatic rings. The number of carboxylic acid groups (broad SMARTS) is 1. The van der Waals surface area contributed by atoms with E-state index in [0.717, 1.165) is 4.47 Å². The molecule has 0 bridgehead atoms. The highest BCUT2D eigenvalue weighted by atomic mass is 79.9. The van der Waals surface area contributed by atoms with E-state index in [1.54, 1.807) is 12.1 Å². The maximum absolute atomic E-state index is 10.4. The molecule has 0 unspecified atom stereocenters. The highest BCUT2D eigenvalue weighted by Gasteiger charge is 2.10. The van der Waals surface area contributed by atoms with Gasteiger partial charge < -0.3 is 14.3 Å². The van der Waals surface area contributed by atoms with Gasteiger partial charge in [0.15, 0.2) is 6.61 Å². The average molecular weight is 313 g/mol. The number of carbonyl (C=O) groups is 1. The van der Waals surface area contributed by atoms with Crippen molar-refractivity contribution in [1.82, 2.24) is 10.2 Å². The summed E-state index contributed by atoms with van der Waals surface area (Å²) in [6.07, 6.45) is -0.286. The number of hydrogen-bond donors (Lipinski definition) is 1. The number of aromatic nitrogens is 2. The van der Waals surface area contributed by atoms with Crippen LogP contribution in [-0.2, 0) is 17.8 Å². The summed E-state index contributed by atoms with van der Waals surface area (Å²) in [6.45, 7) is 0.105. The number of carboxylic acids is 1. The molecule has 18 heavy (non-hydrogen) atoms. The highest BCUT2D eigenvalue weighted by molar-refractivity contribution is 9.10. The van der Waals surface area contributed by atoms with E-state index in [2.05, 4.69) is 26.1 Å². The first-order valence-electron chi connectivity index (χ1n) is 5.05. The Labute approximate surface area is 111 Å². The van der Waals surface area contributed by atoms with Gasteiger partial charge in [0, 0.05) is 4.47 Å². The minimum Gasteiger partial charge on any atom is -0.484 e. The molecule has 0 fully saturated rings. The second kappa shape index (κ2) is 5.63. The predicted octanol–water partition coefficient (Wildman–Crippen LogP) is 2.04. The Bertz CT molecular complexity index is 538. The largest absolute Gasteiger partial charge is 0.484 e. The number of aliphatic carboxylic acids is 1. The van der Waals surface area contributed by atoms with Crippen LogP contribution in [0.3, 0.4) is 0 Å². The van der Waals surface area contributed by atoms with Crippen LogP contribution in [0, 0.1) is 0 Å². The lowest BCUT2D eigenvalue weighted by Crippen LogP contribution is -1.99. The van der Waals surface area contributed by atoms with Gasteiger partial charge in [-0.25, -0.2) is 0 Å². The van der Waals surface area contributed by atoms with Gasteiger partial charge in [0.2, 0.25) is 5.89 Å². The minimum absolute atomic E-state index is 0.0666. The summed E-state index contributed by atoms with van der Waals surface area (Å²) in [5.74, 6) is -0.0405. The van der Waals surface area contributed by atoms with E-state index in [-0.39, 0.29) is 24.8 Å². The third-order valence-corrected chi connectivity index (χ3v) is 2.52. The van der Waals surface area contributed by atoms with Crippen molar-refractivity contribution in [3.8, 4) is 5.75 Å². The molecule has 0 radical (unpaired) electrons. The van der Waals surface area contributed by atoms with Crippen molar-refractivity contribution in [2.24, 2.45) is 0 Å². The molecular weight excluding hydrogens is 304 g/mol. The monoisotopic (exact) mass is 312 g/mol. The second-order valence-corrected chi connectivity index (χ2v) is 4.32. The van der Waals surface area contributed by atoms with Gasteiger partial charge in [-0.05, 0) is 24.3 Å². The fourth-order valence-corrected chi connectivity index (χ4v) is 1.49. The van der Waals surface area contributed by atoms with E-state index in [1.807, 2.05) is 12.1 Å². The number of hydrogen-bond acceptors (Lipinski definition) is 5. The fourth-order valence-electron chi connectivity index (χ4n) is 1.22. The Morgan fingerprint density at radius 1 is 1.28 bits per heavy atom. The third-order valence-electron chi connectivity index (χ3n) is 1.99. The van der Waals surface area contributed by atoms with Crippen molar-refractivity contribution >= 4 is 21.9 Å². The van der Waals surface area contributed by atoms with Crippen LogP contribution in [0.15, 0.2) is 33.2 Å². The molecule has 0 spiro atoms. The molecule has 0 aliphatic heterocycles. The van der Waals surface area contributed by atoms with E-state index in [4.69, 9.17) is 14.3 Å². The van der Waals surface area contributed by atoms with E-state index in [1.165, 1.54) is 0 Å². The standard InChI is InChI=1S/C11H9BrN2O4/c12-7-1-3-8(4-2-7)17-6-10-14-13-9(18-10)5-11(15)16/h1-4H,5-6H2,(H,15,16). The summed E-state index contributed by atoms with van der Waals surface area (Å²) in [7, 11) is 0. The molecule has 2 rings (SSSR count). The van der Waals surface area contributed by atoms with Crippen LogP contribution in [0.4, 0.5) is 0 Å². The molecule has 0 aliphatic rings. The molecule has 0 aliphatic carbocycles. The van der Waals surface area contributed by atoms with Gasteiger partial charge in [-0.3, -0.25) is 4.79 Å². The fraction of sp³-hybridized carbons (Fsp3) is 0.182. The topological polar surface area (TPSA) is 85.5 Å². The van der Waals surface area contributed by atoms with Crippen LogP contribution in [0.25, 0.3) is 0 Å². The Kier molecular flexibility index (Phi) is 3.93. The predicted molar refractivity (Wildman–Crippen MR) is 64.1 cm³/mol. The lowest BCUT2D eigenvalue weighted by atomic mass is 10.3. The van der Waals surface area contributed by atoms with Crippen molar-refractivity contribution in [3.05, 3.63) is 40.5 Å². The van der Waals surface area contributed by atoms with Crippen molar-refractivity contribution in [2.45, 2.75) is 13.0 Å². The van der Waals surface area contributed by atoms with Crippen LogP contribution in [0.1, 0.15) is 11.8 Å². The van der Waals surface area contributed by atoms with Crippen LogP contribution < -0.4 is 4.74 Å². The van der Waals surface area contributed by atoms with E-state index in [9.17, 15) is 4.79 Å². The second-order valence-electron chi connectivity index (χ2n) is 3.40. The summed E-state index contributed by atoms with van der Waals surface area (Å²) < 4.78 is 11.5. The van der Waals surface area contributed by atoms with Gasteiger partial charge in [0.1, 0.15) is 12.2 Å². The Hall–Kier alpha value is -1.89. The molecule has 7 heteroatoms. The smallest absolute Gasteiger partial charge is 0.312 e. The van der Waals surface area contributed by atoms with Gasteiger partial charge in [-0.1, -0.05) is 15.9 Å². The molecule has 0 atom stereocenters.